The van der Waals surface area contributed by atoms with Gasteiger partial charge in [0.1, 0.15) is 0 Å². The first kappa shape index (κ1) is 22.5. The molecule has 3 heterocycles. The lowest BCUT2D eigenvalue weighted by atomic mass is 10.0. The maximum atomic E-state index is 13.9. The molecule has 0 radical (unpaired) electrons. The summed E-state index contributed by atoms with van der Waals surface area (Å²) in [4.78, 5) is 18.7. The van der Waals surface area contributed by atoms with Crippen molar-refractivity contribution < 1.29 is 18.0 Å². The summed E-state index contributed by atoms with van der Waals surface area (Å²) < 4.78 is 44.0. The molecule has 0 unspecified atom stereocenters. The summed E-state index contributed by atoms with van der Waals surface area (Å²) in [6.07, 6.45) is -3.03. The molecular formula is C23H23F3N6O. The van der Waals surface area contributed by atoms with E-state index in [1.807, 2.05) is 26.8 Å². The zero-order chi connectivity index (χ0) is 24.1. The van der Waals surface area contributed by atoms with Crippen molar-refractivity contribution in [3.63, 3.8) is 0 Å². The van der Waals surface area contributed by atoms with E-state index in [0.717, 1.165) is 28.5 Å². The molecule has 0 aliphatic carbocycles. The van der Waals surface area contributed by atoms with Crippen molar-refractivity contribution >= 4 is 11.6 Å². The monoisotopic (exact) mass is 456 g/mol. The predicted octanol–water partition coefficient (Wildman–Crippen LogP) is 4.35. The molecule has 0 spiro atoms. The molecule has 4 aromatic rings. The van der Waals surface area contributed by atoms with Crippen LogP contribution in [0.3, 0.4) is 0 Å². The number of carbonyl (C=O) groups excluding carboxylic acids is 1. The molecule has 0 fully saturated rings. The second-order valence-electron chi connectivity index (χ2n) is 8.16. The Morgan fingerprint density at radius 3 is 2.42 bits per heavy atom. The first-order valence-corrected chi connectivity index (χ1v) is 10.2. The van der Waals surface area contributed by atoms with E-state index < -0.39 is 17.8 Å². The van der Waals surface area contributed by atoms with Crippen molar-refractivity contribution in [3.05, 3.63) is 70.3 Å². The second kappa shape index (κ2) is 8.02. The number of amides is 1. The molecule has 0 N–H and O–H groups in total. The van der Waals surface area contributed by atoms with Crippen LogP contribution in [-0.4, -0.2) is 42.2 Å². The van der Waals surface area contributed by atoms with Gasteiger partial charge in [0.15, 0.2) is 17.0 Å². The van der Waals surface area contributed by atoms with Crippen LogP contribution in [0.1, 0.15) is 38.6 Å². The standard InChI is InChI=1S/C23H23F3N6O/c1-13-6-7-16(8-14(13)2)18-9-20(23(24,25)26)32-21(28-18)10-19(29-32)22(33)30(4)12-17-11-27-31(5)15(17)3/h6-11H,12H2,1-5H3. The highest BCUT2D eigenvalue weighted by Crippen LogP contribution is 2.33. The molecule has 0 saturated heterocycles. The van der Waals surface area contributed by atoms with Crippen LogP contribution in [0, 0.1) is 20.8 Å². The topological polar surface area (TPSA) is 68.3 Å². The van der Waals surface area contributed by atoms with Gasteiger partial charge in [0.25, 0.3) is 5.91 Å². The molecular weight excluding hydrogens is 433 g/mol. The van der Waals surface area contributed by atoms with Crippen LogP contribution in [0.4, 0.5) is 13.2 Å². The average molecular weight is 456 g/mol. The summed E-state index contributed by atoms with van der Waals surface area (Å²) in [5, 5.41) is 8.11. The summed E-state index contributed by atoms with van der Waals surface area (Å²) in [6, 6.07) is 7.61. The Labute approximate surface area is 188 Å². The molecule has 1 aromatic carbocycles. The summed E-state index contributed by atoms with van der Waals surface area (Å²) in [5.41, 5.74) is 3.26. The molecule has 4 rings (SSSR count). The number of benzene rings is 1. The lowest BCUT2D eigenvalue weighted by Gasteiger charge is -2.15. The van der Waals surface area contributed by atoms with E-state index in [0.29, 0.717) is 10.1 Å². The highest BCUT2D eigenvalue weighted by molar-refractivity contribution is 5.93. The van der Waals surface area contributed by atoms with Gasteiger partial charge in [0.2, 0.25) is 0 Å². The Balaban J connectivity index is 1.76. The maximum absolute atomic E-state index is 13.9. The minimum atomic E-state index is -4.68. The van der Waals surface area contributed by atoms with Crippen LogP contribution in [0.15, 0.2) is 36.5 Å². The summed E-state index contributed by atoms with van der Waals surface area (Å²) in [7, 11) is 3.36. The normalized spacial score (nSPS) is 11.9. The van der Waals surface area contributed by atoms with Gasteiger partial charge in [-0.15, -0.1) is 0 Å². The van der Waals surface area contributed by atoms with Crippen LogP contribution in [0.2, 0.25) is 0 Å². The number of carbonyl (C=O) groups is 1. The third kappa shape index (κ3) is 4.20. The van der Waals surface area contributed by atoms with E-state index in [-0.39, 0.29) is 23.6 Å². The van der Waals surface area contributed by atoms with Crippen LogP contribution >= 0.6 is 0 Å². The zero-order valence-corrected chi connectivity index (χ0v) is 18.9. The van der Waals surface area contributed by atoms with Gasteiger partial charge in [-0.3, -0.25) is 9.48 Å². The average Bonchev–Trinajstić information content (AvgIpc) is 3.32. The molecule has 0 saturated carbocycles. The number of rotatable bonds is 4. The third-order valence-corrected chi connectivity index (χ3v) is 5.83. The van der Waals surface area contributed by atoms with Crippen molar-refractivity contribution in [2.24, 2.45) is 7.05 Å². The number of halogens is 3. The Hall–Kier alpha value is -3.69. The van der Waals surface area contributed by atoms with Crippen LogP contribution < -0.4 is 0 Å². The van der Waals surface area contributed by atoms with Crippen LogP contribution in [0.5, 0.6) is 0 Å². The summed E-state index contributed by atoms with van der Waals surface area (Å²) in [6.45, 7) is 5.94. The molecule has 10 heteroatoms. The lowest BCUT2D eigenvalue weighted by molar-refractivity contribution is -0.142. The van der Waals surface area contributed by atoms with Crippen LogP contribution in [0.25, 0.3) is 16.9 Å². The van der Waals surface area contributed by atoms with Gasteiger partial charge in [0, 0.05) is 43.5 Å². The highest BCUT2D eigenvalue weighted by Gasteiger charge is 2.36. The number of fused-ring (bicyclic) bond motifs is 1. The smallest absolute Gasteiger partial charge is 0.336 e. The zero-order valence-electron chi connectivity index (χ0n) is 18.9. The molecule has 0 bridgehead atoms. The quantitative estimate of drug-likeness (QED) is 0.458. The fraction of sp³-hybridized carbons (Fsp3) is 0.304. The SMILES string of the molecule is Cc1ccc(-c2cc(C(F)(F)F)n3nc(C(=O)N(C)Cc4cnn(C)c4C)cc3n2)cc1C. The fourth-order valence-corrected chi connectivity index (χ4v) is 3.55. The molecule has 7 nitrogen and oxygen atoms in total. The molecule has 0 aliphatic heterocycles. The molecule has 172 valence electrons. The maximum Gasteiger partial charge on any atom is 0.433 e. The van der Waals surface area contributed by atoms with E-state index in [1.165, 1.54) is 11.0 Å². The second-order valence-corrected chi connectivity index (χ2v) is 8.16. The molecule has 33 heavy (non-hydrogen) atoms. The van der Waals surface area contributed by atoms with E-state index in [4.69, 9.17) is 0 Å². The lowest BCUT2D eigenvalue weighted by Crippen LogP contribution is -2.27. The van der Waals surface area contributed by atoms with Gasteiger partial charge in [-0.05, 0) is 44.0 Å². The van der Waals surface area contributed by atoms with E-state index in [1.54, 1.807) is 37.1 Å². The van der Waals surface area contributed by atoms with Crippen molar-refractivity contribution in [2.45, 2.75) is 33.5 Å². The Morgan fingerprint density at radius 2 is 1.82 bits per heavy atom. The van der Waals surface area contributed by atoms with E-state index >= 15 is 0 Å². The predicted molar refractivity (Wildman–Crippen MR) is 117 cm³/mol. The van der Waals surface area contributed by atoms with Gasteiger partial charge in [0.05, 0.1) is 11.9 Å². The van der Waals surface area contributed by atoms with Crippen molar-refractivity contribution in [1.82, 2.24) is 29.3 Å². The summed E-state index contributed by atoms with van der Waals surface area (Å²) >= 11 is 0. The number of nitrogens with zero attached hydrogens (tertiary/aromatic N) is 6. The minimum Gasteiger partial charge on any atom is -0.336 e. The van der Waals surface area contributed by atoms with Crippen molar-refractivity contribution in [2.75, 3.05) is 7.05 Å². The number of hydrogen-bond acceptors (Lipinski definition) is 4. The number of alkyl halides is 3. The molecule has 1 amide bonds. The van der Waals surface area contributed by atoms with Gasteiger partial charge < -0.3 is 4.90 Å². The molecule has 0 aliphatic rings. The van der Waals surface area contributed by atoms with Gasteiger partial charge in [-0.2, -0.15) is 23.4 Å². The van der Waals surface area contributed by atoms with Gasteiger partial charge in [-0.1, -0.05) is 12.1 Å². The third-order valence-electron chi connectivity index (χ3n) is 5.83. The minimum absolute atomic E-state index is 0.0487. The number of hydrogen-bond donors (Lipinski definition) is 0. The Bertz CT molecular complexity index is 1370. The highest BCUT2D eigenvalue weighted by atomic mass is 19.4. The van der Waals surface area contributed by atoms with Gasteiger partial charge >= 0.3 is 6.18 Å². The Kier molecular flexibility index (Phi) is 5.47. The number of aromatic nitrogens is 5. The van der Waals surface area contributed by atoms with Crippen LogP contribution in [-0.2, 0) is 19.8 Å². The van der Waals surface area contributed by atoms with E-state index in [2.05, 4.69) is 15.2 Å². The van der Waals surface area contributed by atoms with Crippen molar-refractivity contribution in [1.29, 1.82) is 0 Å². The van der Waals surface area contributed by atoms with Crippen molar-refractivity contribution in [3.8, 4) is 11.3 Å². The Morgan fingerprint density at radius 1 is 1.09 bits per heavy atom. The molecule has 0 atom stereocenters. The largest absolute Gasteiger partial charge is 0.433 e. The van der Waals surface area contributed by atoms with Gasteiger partial charge in [-0.25, -0.2) is 9.50 Å². The summed E-state index contributed by atoms with van der Waals surface area (Å²) in [5.74, 6) is -0.510. The van der Waals surface area contributed by atoms with E-state index in [9.17, 15) is 18.0 Å². The number of aryl methyl sites for hydroxylation is 3. The first-order valence-electron chi connectivity index (χ1n) is 10.2. The first-order chi connectivity index (χ1) is 15.5. The fourth-order valence-electron chi connectivity index (χ4n) is 3.55. The molecule has 3 aromatic heterocycles.